The van der Waals surface area contributed by atoms with E-state index in [1.54, 1.807) is 0 Å². The van der Waals surface area contributed by atoms with E-state index in [9.17, 15) is 0 Å². The molecule has 0 aliphatic carbocycles. The second-order valence-corrected chi connectivity index (χ2v) is 7.37. The van der Waals surface area contributed by atoms with Crippen LogP contribution in [0.2, 0.25) is 0 Å². The van der Waals surface area contributed by atoms with E-state index in [0.29, 0.717) is 0 Å². The van der Waals surface area contributed by atoms with Gasteiger partial charge in [-0.3, -0.25) is 0 Å². The molecule has 0 saturated carbocycles. The molecule has 0 aromatic carbocycles. The lowest BCUT2D eigenvalue weighted by Gasteiger charge is -2.05. The first-order valence-electron chi connectivity index (χ1n) is 11.1. The van der Waals surface area contributed by atoms with Crippen LogP contribution in [0.25, 0.3) is 0 Å². The molecule has 0 fully saturated rings. The molecule has 24 heavy (non-hydrogen) atoms. The van der Waals surface area contributed by atoms with Gasteiger partial charge in [-0.15, -0.1) is 0 Å². The third-order valence-electron chi connectivity index (χ3n) is 4.86. The summed E-state index contributed by atoms with van der Waals surface area (Å²) in [5.74, 6) is 0. The molecule has 2 heteroatoms. The Balaban J connectivity index is 2.93. The Kier molecular flexibility index (Phi) is 22.8. The molecule has 0 bridgehead atoms. The second-order valence-electron chi connectivity index (χ2n) is 7.37. The lowest BCUT2D eigenvalue weighted by atomic mass is 10.0. The molecule has 2 nitrogen and oxygen atoms in total. The first-order valence-corrected chi connectivity index (χ1v) is 11.1. The maximum atomic E-state index is 5.61. The summed E-state index contributed by atoms with van der Waals surface area (Å²) in [5, 5.41) is 3.15. The molecule has 0 radical (unpaired) electrons. The van der Waals surface area contributed by atoms with Gasteiger partial charge in [0.2, 0.25) is 0 Å². The molecule has 146 valence electrons. The van der Waals surface area contributed by atoms with Crippen molar-refractivity contribution in [2.75, 3.05) is 26.8 Å². The van der Waals surface area contributed by atoms with E-state index < -0.39 is 0 Å². The highest BCUT2D eigenvalue weighted by Gasteiger charge is 1.95. The molecule has 0 aromatic heterocycles. The van der Waals surface area contributed by atoms with E-state index in [-0.39, 0.29) is 0 Å². The van der Waals surface area contributed by atoms with Gasteiger partial charge in [-0.2, -0.15) is 0 Å². The van der Waals surface area contributed by atoms with Gasteiger partial charge in [0.15, 0.2) is 0 Å². The quantitative estimate of drug-likeness (QED) is 0.230. The standard InChI is InChI=1S/C22H47NO/c1-3-4-5-6-7-8-9-10-11-12-13-14-15-16-17-18-21-24-22-19-20-23-2/h23H,3-22H2,1-2H3. The van der Waals surface area contributed by atoms with E-state index in [4.69, 9.17) is 4.74 Å². The molecule has 1 N–H and O–H groups in total. The fraction of sp³-hybridized carbons (Fsp3) is 1.00. The molecule has 0 spiro atoms. The first-order chi connectivity index (χ1) is 11.9. The SMILES string of the molecule is CCCCCCCCCCCCCCCCCCOCCCNC. The average molecular weight is 342 g/mol. The summed E-state index contributed by atoms with van der Waals surface area (Å²) in [6.07, 6.45) is 24.0. The number of hydrogen-bond donors (Lipinski definition) is 1. The van der Waals surface area contributed by atoms with Gasteiger partial charge in [-0.25, -0.2) is 0 Å². The van der Waals surface area contributed by atoms with E-state index in [2.05, 4.69) is 12.2 Å². The zero-order valence-electron chi connectivity index (χ0n) is 17.1. The van der Waals surface area contributed by atoms with Crippen molar-refractivity contribution in [3.8, 4) is 0 Å². The zero-order valence-corrected chi connectivity index (χ0v) is 17.1. The molecular formula is C22H47NO. The van der Waals surface area contributed by atoms with Crippen LogP contribution < -0.4 is 5.32 Å². The summed E-state index contributed by atoms with van der Waals surface area (Å²) >= 11 is 0. The number of rotatable bonds is 21. The molecule has 0 amide bonds. The first kappa shape index (κ1) is 23.9. The maximum Gasteiger partial charge on any atom is 0.0478 e. The summed E-state index contributed by atoms with van der Waals surface area (Å²) in [6, 6.07) is 0. The van der Waals surface area contributed by atoms with Crippen LogP contribution in [0.4, 0.5) is 0 Å². The summed E-state index contributed by atoms with van der Waals surface area (Å²) in [7, 11) is 2.00. The van der Waals surface area contributed by atoms with Crippen LogP contribution in [0.3, 0.4) is 0 Å². The third-order valence-corrected chi connectivity index (χ3v) is 4.86. The average Bonchev–Trinajstić information content (AvgIpc) is 2.60. The largest absolute Gasteiger partial charge is 0.381 e. The van der Waals surface area contributed by atoms with E-state index in [0.717, 1.165) is 26.2 Å². The summed E-state index contributed by atoms with van der Waals surface area (Å²) in [4.78, 5) is 0. The van der Waals surface area contributed by atoms with Crippen molar-refractivity contribution in [1.82, 2.24) is 5.32 Å². The van der Waals surface area contributed by atoms with Gasteiger partial charge in [0, 0.05) is 13.2 Å². The van der Waals surface area contributed by atoms with Crippen molar-refractivity contribution < 1.29 is 4.74 Å². The maximum absolute atomic E-state index is 5.61. The smallest absolute Gasteiger partial charge is 0.0478 e. The van der Waals surface area contributed by atoms with Crippen molar-refractivity contribution in [1.29, 1.82) is 0 Å². The van der Waals surface area contributed by atoms with E-state index >= 15 is 0 Å². The molecule has 0 aliphatic heterocycles. The highest BCUT2D eigenvalue weighted by Crippen LogP contribution is 2.13. The number of ether oxygens (including phenoxy) is 1. The fourth-order valence-corrected chi connectivity index (χ4v) is 3.21. The summed E-state index contributed by atoms with van der Waals surface area (Å²) in [6.45, 7) is 5.24. The summed E-state index contributed by atoms with van der Waals surface area (Å²) in [5.41, 5.74) is 0. The van der Waals surface area contributed by atoms with Gasteiger partial charge in [-0.05, 0) is 26.4 Å². The normalized spacial score (nSPS) is 11.2. The minimum atomic E-state index is 0.916. The highest BCUT2D eigenvalue weighted by molar-refractivity contribution is 4.50. The van der Waals surface area contributed by atoms with Crippen LogP contribution in [0, 0.1) is 0 Å². The van der Waals surface area contributed by atoms with Crippen molar-refractivity contribution in [2.24, 2.45) is 0 Å². The Morgan fingerprint density at radius 1 is 0.500 bits per heavy atom. The number of hydrogen-bond acceptors (Lipinski definition) is 2. The van der Waals surface area contributed by atoms with Crippen LogP contribution >= 0.6 is 0 Å². The van der Waals surface area contributed by atoms with Gasteiger partial charge >= 0.3 is 0 Å². The van der Waals surface area contributed by atoms with Crippen LogP contribution in [0.1, 0.15) is 116 Å². The van der Waals surface area contributed by atoms with E-state index in [1.165, 1.54) is 103 Å². The Hall–Kier alpha value is -0.0800. The predicted molar refractivity (Wildman–Crippen MR) is 109 cm³/mol. The Bertz CT molecular complexity index is 186. The third kappa shape index (κ3) is 21.9. The lowest BCUT2D eigenvalue weighted by Crippen LogP contribution is -2.10. The molecule has 0 unspecified atom stereocenters. The zero-order chi connectivity index (χ0) is 17.6. The predicted octanol–water partition coefficient (Wildman–Crippen LogP) is 6.87. The molecule has 0 rings (SSSR count). The van der Waals surface area contributed by atoms with Gasteiger partial charge in [0.05, 0.1) is 0 Å². The summed E-state index contributed by atoms with van der Waals surface area (Å²) < 4.78 is 5.61. The Morgan fingerprint density at radius 3 is 1.29 bits per heavy atom. The Morgan fingerprint density at radius 2 is 0.875 bits per heavy atom. The van der Waals surface area contributed by atoms with Crippen LogP contribution in [-0.4, -0.2) is 26.8 Å². The molecular weight excluding hydrogens is 294 g/mol. The molecule has 0 heterocycles. The van der Waals surface area contributed by atoms with Crippen LogP contribution in [-0.2, 0) is 4.74 Å². The minimum absolute atomic E-state index is 0.916. The minimum Gasteiger partial charge on any atom is -0.381 e. The number of nitrogens with one attached hydrogen (secondary N) is 1. The molecule has 0 saturated heterocycles. The van der Waals surface area contributed by atoms with Gasteiger partial charge in [0.1, 0.15) is 0 Å². The van der Waals surface area contributed by atoms with Crippen LogP contribution in [0.15, 0.2) is 0 Å². The van der Waals surface area contributed by atoms with E-state index in [1.807, 2.05) is 7.05 Å². The van der Waals surface area contributed by atoms with Crippen molar-refractivity contribution in [3.05, 3.63) is 0 Å². The van der Waals surface area contributed by atoms with Crippen molar-refractivity contribution in [2.45, 2.75) is 116 Å². The molecule has 0 atom stereocenters. The second kappa shape index (κ2) is 22.9. The topological polar surface area (TPSA) is 21.3 Å². The van der Waals surface area contributed by atoms with Gasteiger partial charge in [-0.1, -0.05) is 103 Å². The highest BCUT2D eigenvalue weighted by atomic mass is 16.5. The lowest BCUT2D eigenvalue weighted by molar-refractivity contribution is 0.127. The fourth-order valence-electron chi connectivity index (χ4n) is 3.21. The Labute approximate surface area is 153 Å². The molecule has 0 aromatic rings. The van der Waals surface area contributed by atoms with Gasteiger partial charge in [0.25, 0.3) is 0 Å². The van der Waals surface area contributed by atoms with Crippen molar-refractivity contribution in [3.63, 3.8) is 0 Å². The van der Waals surface area contributed by atoms with Crippen LogP contribution in [0.5, 0.6) is 0 Å². The monoisotopic (exact) mass is 341 g/mol. The molecule has 0 aliphatic rings. The number of unbranched alkanes of at least 4 members (excludes halogenated alkanes) is 15. The van der Waals surface area contributed by atoms with Crippen molar-refractivity contribution >= 4 is 0 Å². The van der Waals surface area contributed by atoms with Gasteiger partial charge < -0.3 is 10.1 Å².